The number of rotatable bonds is 5. The number of imidazole rings is 1. The number of nitrogens with zero attached hydrogens (tertiary/aromatic N) is 3. The summed E-state index contributed by atoms with van der Waals surface area (Å²) in [4.78, 5) is 8.03. The molecule has 0 amide bonds. The minimum absolute atomic E-state index is 0.0313. The Labute approximate surface area is 110 Å². The Kier molecular flexibility index (Phi) is 4.08. The Balaban J connectivity index is 2.41. The molecule has 2 heterocycles. The molecule has 0 aromatic carbocycles. The van der Waals surface area contributed by atoms with E-state index in [1.807, 2.05) is 7.05 Å². The zero-order valence-electron chi connectivity index (χ0n) is 10.8. The molecule has 0 aliphatic carbocycles. The first kappa shape index (κ1) is 13.4. The van der Waals surface area contributed by atoms with Gasteiger partial charge >= 0.3 is 0 Å². The number of aryl methyl sites for hydroxylation is 1. The van der Waals surface area contributed by atoms with E-state index in [1.54, 1.807) is 30.1 Å². The Morgan fingerprint density at radius 2 is 2.32 bits per heavy atom. The monoisotopic (exact) mass is 265 g/mol. The van der Waals surface area contributed by atoms with E-state index in [0.29, 0.717) is 17.9 Å². The van der Waals surface area contributed by atoms with Gasteiger partial charge in [-0.05, 0) is 13.0 Å². The smallest absolute Gasteiger partial charge is 0.250 e. The number of hydrogen-bond acceptors (Lipinski definition) is 5. The zero-order valence-corrected chi connectivity index (χ0v) is 10.8. The number of hydrogen-bond donors (Lipinski definition) is 2. The number of hydrazine groups is 1. The molecule has 0 saturated carbocycles. The van der Waals surface area contributed by atoms with Gasteiger partial charge in [0.05, 0.1) is 24.7 Å². The van der Waals surface area contributed by atoms with E-state index < -0.39 is 11.9 Å². The van der Waals surface area contributed by atoms with E-state index in [1.165, 1.54) is 6.20 Å². The molecule has 0 fully saturated rings. The highest BCUT2D eigenvalue weighted by molar-refractivity contribution is 5.31. The van der Waals surface area contributed by atoms with Gasteiger partial charge in [-0.3, -0.25) is 5.84 Å². The molecular weight excluding hydrogens is 249 g/mol. The van der Waals surface area contributed by atoms with Crippen molar-refractivity contribution in [3.8, 4) is 5.88 Å². The fourth-order valence-corrected chi connectivity index (χ4v) is 1.82. The summed E-state index contributed by atoms with van der Waals surface area (Å²) in [5, 5.41) is 0. The number of nitrogens with two attached hydrogens (primary N) is 1. The second-order valence-corrected chi connectivity index (χ2v) is 4.02. The fourth-order valence-electron chi connectivity index (χ4n) is 1.82. The van der Waals surface area contributed by atoms with Crippen LogP contribution in [0.4, 0.5) is 4.39 Å². The van der Waals surface area contributed by atoms with Crippen molar-refractivity contribution in [2.75, 3.05) is 6.61 Å². The molecule has 7 heteroatoms. The maximum absolute atomic E-state index is 14.3. The van der Waals surface area contributed by atoms with E-state index in [-0.39, 0.29) is 5.88 Å². The van der Waals surface area contributed by atoms with Gasteiger partial charge in [0.25, 0.3) is 5.88 Å². The number of halogens is 1. The second-order valence-electron chi connectivity index (χ2n) is 4.02. The first-order chi connectivity index (χ1) is 9.17. The highest BCUT2D eigenvalue weighted by atomic mass is 19.1. The van der Waals surface area contributed by atoms with E-state index in [0.717, 1.165) is 0 Å². The molecular formula is C12H16FN5O. The topological polar surface area (TPSA) is 78.0 Å². The van der Waals surface area contributed by atoms with Gasteiger partial charge < -0.3 is 9.30 Å². The standard InChI is InChI=1S/C12H16FN5O/c1-3-19-12-10(13)8(4-5-15-12)11(17-14)9-6-18(2)7-16-9/h4-7,11,17H,3,14H2,1-2H3. The summed E-state index contributed by atoms with van der Waals surface area (Å²) in [6, 6.07) is 1.00. The third kappa shape index (κ3) is 2.72. The predicted molar refractivity (Wildman–Crippen MR) is 67.7 cm³/mol. The summed E-state index contributed by atoms with van der Waals surface area (Å²) >= 11 is 0. The van der Waals surface area contributed by atoms with Crippen LogP contribution in [0.5, 0.6) is 5.88 Å². The first-order valence-corrected chi connectivity index (χ1v) is 5.88. The van der Waals surface area contributed by atoms with Crippen LogP contribution < -0.4 is 16.0 Å². The van der Waals surface area contributed by atoms with Crippen molar-refractivity contribution in [3.63, 3.8) is 0 Å². The largest absolute Gasteiger partial charge is 0.476 e. The molecule has 0 aliphatic heterocycles. The number of aromatic nitrogens is 3. The van der Waals surface area contributed by atoms with E-state index in [4.69, 9.17) is 10.6 Å². The molecule has 1 atom stereocenters. The van der Waals surface area contributed by atoms with Crippen LogP contribution in [0.25, 0.3) is 0 Å². The van der Waals surface area contributed by atoms with Crippen LogP contribution in [0.3, 0.4) is 0 Å². The van der Waals surface area contributed by atoms with Crippen LogP contribution in [0, 0.1) is 5.82 Å². The van der Waals surface area contributed by atoms with Crippen LogP contribution in [-0.4, -0.2) is 21.1 Å². The van der Waals surface area contributed by atoms with Gasteiger partial charge in [0.15, 0.2) is 5.82 Å². The minimum Gasteiger partial charge on any atom is -0.476 e. The van der Waals surface area contributed by atoms with Crippen molar-refractivity contribution in [2.24, 2.45) is 12.9 Å². The summed E-state index contributed by atoms with van der Waals surface area (Å²) < 4.78 is 21.2. The van der Waals surface area contributed by atoms with Crippen molar-refractivity contribution in [1.82, 2.24) is 20.0 Å². The summed E-state index contributed by atoms with van der Waals surface area (Å²) in [5.74, 6) is 4.95. The maximum Gasteiger partial charge on any atom is 0.250 e. The molecule has 0 aliphatic rings. The van der Waals surface area contributed by atoms with Crippen molar-refractivity contribution in [3.05, 3.63) is 41.9 Å². The quantitative estimate of drug-likeness (QED) is 0.620. The lowest BCUT2D eigenvalue weighted by atomic mass is 10.1. The summed E-state index contributed by atoms with van der Waals surface area (Å²) in [6.45, 7) is 2.11. The molecule has 2 aromatic rings. The molecule has 1 unspecified atom stereocenters. The number of nitrogens with one attached hydrogen (secondary N) is 1. The van der Waals surface area contributed by atoms with Gasteiger partial charge in [0.1, 0.15) is 0 Å². The lowest BCUT2D eigenvalue weighted by Crippen LogP contribution is -2.30. The molecule has 0 bridgehead atoms. The predicted octanol–water partition coefficient (Wildman–Crippen LogP) is 0.906. The average molecular weight is 265 g/mol. The van der Waals surface area contributed by atoms with Gasteiger partial charge in [-0.2, -0.15) is 0 Å². The van der Waals surface area contributed by atoms with Crippen molar-refractivity contribution < 1.29 is 9.13 Å². The normalized spacial score (nSPS) is 12.4. The molecule has 0 radical (unpaired) electrons. The van der Waals surface area contributed by atoms with Crippen molar-refractivity contribution >= 4 is 0 Å². The van der Waals surface area contributed by atoms with Crippen molar-refractivity contribution in [2.45, 2.75) is 13.0 Å². The van der Waals surface area contributed by atoms with Gasteiger partial charge in [0.2, 0.25) is 0 Å². The highest BCUT2D eigenvalue weighted by Gasteiger charge is 2.21. The zero-order chi connectivity index (χ0) is 13.8. The molecule has 6 nitrogen and oxygen atoms in total. The van der Waals surface area contributed by atoms with Gasteiger partial charge in [-0.15, -0.1) is 0 Å². The van der Waals surface area contributed by atoms with Crippen LogP contribution in [0.1, 0.15) is 24.2 Å². The van der Waals surface area contributed by atoms with Gasteiger partial charge in [-0.1, -0.05) is 0 Å². The summed E-state index contributed by atoms with van der Waals surface area (Å²) in [5.41, 5.74) is 3.53. The average Bonchev–Trinajstić information content (AvgIpc) is 2.81. The van der Waals surface area contributed by atoms with Crippen LogP contribution in [0.15, 0.2) is 24.8 Å². The number of ether oxygens (including phenoxy) is 1. The Bertz CT molecular complexity index is 557. The van der Waals surface area contributed by atoms with Crippen LogP contribution in [-0.2, 0) is 7.05 Å². The van der Waals surface area contributed by atoms with Crippen LogP contribution in [0.2, 0.25) is 0 Å². The molecule has 19 heavy (non-hydrogen) atoms. The van der Waals surface area contributed by atoms with Gasteiger partial charge in [0, 0.05) is 25.0 Å². The van der Waals surface area contributed by atoms with E-state index in [2.05, 4.69) is 15.4 Å². The maximum atomic E-state index is 14.3. The lowest BCUT2D eigenvalue weighted by molar-refractivity contribution is 0.305. The molecule has 0 spiro atoms. The summed E-state index contributed by atoms with van der Waals surface area (Å²) in [6.07, 6.45) is 4.88. The highest BCUT2D eigenvalue weighted by Crippen LogP contribution is 2.26. The number of pyridine rings is 1. The van der Waals surface area contributed by atoms with Crippen LogP contribution >= 0.6 is 0 Å². The first-order valence-electron chi connectivity index (χ1n) is 5.88. The molecule has 102 valence electrons. The molecule has 2 rings (SSSR count). The van der Waals surface area contributed by atoms with E-state index in [9.17, 15) is 4.39 Å². The van der Waals surface area contributed by atoms with E-state index >= 15 is 0 Å². The van der Waals surface area contributed by atoms with Gasteiger partial charge in [-0.25, -0.2) is 19.8 Å². The Morgan fingerprint density at radius 1 is 1.53 bits per heavy atom. The Morgan fingerprint density at radius 3 is 2.89 bits per heavy atom. The molecule has 0 saturated heterocycles. The minimum atomic E-state index is -0.552. The fraction of sp³-hybridized carbons (Fsp3) is 0.333. The molecule has 2 aromatic heterocycles. The molecule has 3 N–H and O–H groups in total. The Hall–Kier alpha value is -1.99. The second kappa shape index (κ2) is 5.77. The third-order valence-corrected chi connectivity index (χ3v) is 2.67. The third-order valence-electron chi connectivity index (χ3n) is 2.67. The summed E-state index contributed by atoms with van der Waals surface area (Å²) in [7, 11) is 1.83. The SMILES string of the molecule is CCOc1nccc(C(NN)c2cn(C)cn2)c1F. The van der Waals surface area contributed by atoms with Crippen molar-refractivity contribution in [1.29, 1.82) is 0 Å². The lowest BCUT2D eigenvalue weighted by Gasteiger charge is -2.16.